The van der Waals surface area contributed by atoms with E-state index in [1.165, 1.54) is 12.1 Å². The molecule has 3 rings (SSSR count). The molecule has 0 atom stereocenters. The lowest BCUT2D eigenvalue weighted by atomic mass is 9.98. The van der Waals surface area contributed by atoms with Crippen molar-refractivity contribution in [3.05, 3.63) is 54.0 Å². The summed E-state index contributed by atoms with van der Waals surface area (Å²) in [4.78, 5) is 18.9. The van der Waals surface area contributed by atoms with Crippen molar-refractivity contribution >= 4 is 17.4 Å². The number of hydrogen-bond donors (Lipinski definition) is 2. The summed E-state index contributed by atoms with van der Waals surface area (Å²) in [6.07, 6.45) is 3.72. The van der Waals surface area contributed by atoms with E-state index in [1.807, 2.05) is 6.07 Å². The molecule has 0 aliphatic carbocycles. The number of nitrogens with one attached hydrogen (secondary N) is 1. The number of aliphatic hydroxyl groups is 1. The number of halogens is 1. The van der Waals surface area contributed by atoms with Crippen LogP contribution in [0.5, 0.6) is 0 Å². The van der Waals surface area contributed by atoms with Gasteiger partial charge < -0.3 is 15.3 Å². The Kier molecular flexibility index (Phi) is 5.60. The molecular formula is C19H22FN3O2. The topological polar surface area (TPSA) is 65.5 Å². The Bertz CT molecular complexity index is 713. The minimum atomic E-state index is -0.315. The van der Waals surface area contributed by atoms with Crippen molar-refractivity contribution in [2.24, 2.45) is 5.92 Å². The van der Waals surface area contributed by atoms with E-state index in [9.17, 15) is 14.3 Å². The molecule has 1 aliphatic heterocycles. The highest BCUT2D eigenvalue weighted by Crippen LogP contribution is 2.27. The molecule has 0 bridgehead atoms. The van der Waals surface area contributed by atoms with Crippen molar-refractivity contribution < 1.29 is 14.3 Å². The standard InChI is InChI=1S/C19H22FN3O2/c20-16-5-3-14(4-6-16)12-18(25)22-17-2-1-9-21-19(17)23-10-7-15(13-24)8-11-23/h1-6,9,15,24H,7-8,10-13H2,(H,22,25). The van der Waals surface area contributed by atoms with Gasteiger partial charge >= 0.3 is 0 Å². The number of carbonyl (C=O) groups excluding carboxylic acids is 1. The number of carbonyl (C=O) groups is 1. The predicted octanol–water partition coefficient (Wildman–Crippen LogP) is 2.61. The molecule has 1 saturated heterocycles. The van der Waals surface area contributed by atoms with Crippen LogP contribution < -0.4 is 10.2 Å². The van der Waals surface area contributed by atoms with Crippen molar-refractivity contribution in [1.82, 2.24) is 4.98 Å². The van der Waals surface area contributed by atoms with Gasteiger partial charge in [-0.3, -0.25) is 4.79 Å². The molecule has 0 saturated carbocycles. The van der Waals surface area contributed by atoms with Gasteiger partial charge in [-0.2, -0.15) is 0 Å². The highest BCUT2D eigenvalue weighted by Gasteiger charge is 2.21. The summed E-state index contributed by atoms with van der Waals surface area (Å²) in [7, 11) is 0. The number of benzene rings is 1. The summed E-state index contributed by atoms with van der Waals surface area (Å²) in [5.41, 5.74) is 1.44. The van der Waals surface area contributed by atoms with Crippen molar-refractivity contribution in [1.29, 1.82) is 0 Å². The molecule has 1 aromatic heterocycles. The van der Waals surface area contributed by atoms with Crippen molar-refractivity contribution in [2.75, 3.05) is 29.9 Å². The molecule has 0 spiro atoms. The monoisotopic (exact) mass is 343 g/mol. The number of anilines is 2. The lowest BCUT2D eigenvalue weighted by Gasteiger charge is -2.33. The fourth-order valence-electron chi connectivity index (χ4n) is 3.06. The molecule has 1 fully saturated rings. The molecule has 2 heterocycles. The minimum absolute atomic E-state index is 0.161. The molecular weight excluding hydrogens is 321 g/mol. The van der Waals surface area contributed by atoms with Crippen LogP contribution in [-0.2, 0) is 11.2 Å². The lowest BCUT2D eigenvalue weighted by molar-refractivity contribution is -0.115. The zero-order valence-corrected chi connectivity index (χ0v) is 14.0. The third kappa shape index (κ3) is 4.54. The number of piperidine rings is 1. The second kappa shape index (κ2) is 8.07. The number of amides is 1. The lowest BCUT2D eigenvalue weighted by Crippen LogP contribution is -2.36. The predicted molar refractivity (Wildman–Crippen MR) is 95.0 cm³/mol. The first-order chi connectivity index (χ1) is 12.2. The van der Waals surface area contributed by atoms with E-state index in [0.717, 1.165) is 37.3 Å². The first kappa shape index (κ1) is 17.4. The second-order valence-corrected chi connectivity index (χ2v) is 6.34. The number of aromatic nitrogens is 1. The summed E-state index contributed by atoms with van der Waals surface area (Å²) < 4.78 is 13.0. The van der Waals surface area contributed by atoms with Gasteiger partial charge in [-0.25, -0.2) is 9.37 Å². The van der Waals surface area contributed by atoms with Gasteiger partial charge in [0.2, 0.25) is 5.91 Å². The van der Waals surface area contributed by atoms with Gasteiger partial charge in [0, 0.05) is 25.9 Å². The van der Waals surface area contributed by atoms with Crippen molar-refractivity contribution in [3.63, 3.8) is 0 Å². The maximum absolute atomic E-state index is 13.0. The highest BCUT2D eigenvalue weighted by atomic mass is 19.1. The summed E-state index contributed by atoms with van der Waals surface area (Å²) in [6, 6.07) is 9.55. The van der Waals surface area contributed by atoms with Gasteiger partial charge in [-0.1, -0.05) is 12.1 Å². The maximum atomic E-state index is 13.0. The molecule has 2 N–H and O–H groups in total. The molecule has 0 radical (unpaired) electrons. The molecule has 1 aromatic carbocycles. The van der Waals surface area contributed by atoms with Crippen LogP contribution in [-0.4, -0.2) is 35.7 Å². The molecule has 25 heavy (non-hydrogen) atoms. The van der Waals surface area contributed by atoms with Crippen LogP contribution in [0.4, 0.5) is 15.9 Å². The van der Waals surface area contributed by atoms with Crippen LogP contribution in [0.2, 0.25) is 0 Å². The maximum Gasteiger partial charge on any atom is 0.228 e. The zero-order chi connectivity index (χ0) is 17.6. The van der Waals surface area contributed by atoms with Crippen LogP contribution in [0.3, 0.4) is 0 Å². The van der Waals surface area contributed by atoms with E-state index in [2.05, 4.69) is 15.2 Å². The van der Waals surface area contributed by atoms with E-state index in [4.69, 9.17) is 0 Å². The number of rotatable bonds is 5. The molecule has 6 heteroatoms. The highest BCUT2D eigenvalue weighted by molar-refractivity contribution is 5.94. The third-order valence-corrected chi connectivity index (χ3v) is 4.51. The van der Waals surface area contributed by atoms with Gasteiger partial charge in [0.1, 0.15) is 5.82 Å². The minimum Gasteiger partial charge on any atom is -0.396 e. The van der Waals surface area contributed by atoms with E-state index in [1.54, 1.807) is 24.4 Å². The van der Waals surface area contributed by atoms with Crippen LogP contribution in [0.25, 0.3) is 0 Å². The van der Waals surface area contributed by atoms with Crippen LogP contribution in [0, 0.1) is 11.7 Å². The average molecular weight is 343 g/mol. The van der Waals surface area contributed by atoms with Crippen LogP contribution >= 0.6 is 0 Å². The van der Waals surface area contributed by atoms with Crippen LogP contribution in [0.15, 0.2) is 42.6 Å². The zero-order valence-electron chi connectivity index (χ0n) is 14.0. The first-order valence-electron chi connectivity index (χ1n) is 8.51. The largest absolute Gasteiger partial charge is 0.396 e. The Balaban J connectivity index is 1.66. The van der Waals surface area contributed by atoms with Gasteiger partial charge in [0.15, 0.2) is 5.82 Å². The third-order valence-electron chi connectivity index (χ3n) is 4.51. The Labute approximate surface area is 146 Å². The fourth-order valence-corrected chi connectivity index (χ4v) is 3.06. The molecule has 5 nitrogen and oxygen atoms in total. The Hall–Kier alpha value is -2.47. The van der Waals surface area contributed by atoms with Gasteiger partial charge in [-0.05, 0) is 48.6 Å². The molecule has 132 valence electrons. The number of pyridine rings is 1. The van der Waals surface area contributed by atoms with Crippen LogP contribution in [0.1, 0.15) is 18.4 Å². The number of aliphatic hydroxyl groups excluding tert-OH is 1. The Morgan fingerprint density at radius 2 is 1.96 bits per heavy atom. The van der Waals surface area contributed by atoms with Gasteiger partial charge in [0.25, 0.3) is 0 Å². The quantitative estimate of drug-likeness (QED) is 0.876. The van der Waals surface area contributed by atoms with Crippen molar-refractivity contribution in [2.45, 2.75) is 19.3 Å². The molecule has 1 amide bonds. The SMILES string of the molecule is O=C(Cc1ccc(F)cc1)Nc1cccnc1N1CCC(CO)CC1. The van der Waals surface area contributed by atoms with E-state index in [-0.39, 0.29) is 24.8 Å². The van der Waals surface area contributed by atoms with E-state index >= 15 is 0 Å². The normalized spacial score (nSPS) is 15.2. The number of nitrogens with zero attached hydrogens (tertiary/aromatic N) is 2. The summed E-state index contributed by atoms with van der Waals surface area (Å²) >= 11 is 0. The van der Waals surface area contributed by atoms with Gasteiger partial charge in [-0.15, -0.1) is 0 Å². The Morgan fingerprint density at radius 3 is 2.64 bits per heavy atom. The second-order valence-electron chi connectivity index (χ2n) is 6.34. The molecule has 2 aromatic rings. The van der Waals surface area contributed by atoms with Crippen molar-refractivity contribution in [3.8, 4) is 0 Å². The molecule has 1 aliphatic rings. The summed E-state index contributed by atoms with van der Waals surface area (Å²) in [5, 5.41) is 12.2. The fraction of sp³-hybridized carbons (Fsp3) is 0.368. The van der Waals surface area contributed by atoms with E-state index in [0.29, 0.717) is 11.6 Å². The smallest absolute Gasteiger partial charge is 0.228 e. The first-order valence-corrected chi connectivity index (χ1v) is 8.51. The van der Waals surface area contributed by atoms with E-state index < -0.39 is 0 Å². The average Bonchev–Trinajstić information content (AvgIpc) is 2.64. The molecule has 0 unspecified atom stereocenters. The summed E-state index contributed by atoms with van der Waals surface area (Å²) in [6.45, 7) is 1.84. The Morgan fingerprint density at radius 1 is 1.24 bits per heavy atom. The number of hydrogen-bond acceptors (Lipinski definition) is 4. The van der Waals surface area contributed by atoms with Gasteiger partial charge in [0.05, 0.1) is 12.1 Å². The summed E-state index contributed by atoms with van der Waals surface area (Å²) in [5.74, 6) is 0.624.